The molecule has 0 bridgehead atoms. The van der Waals surface area contributed by atoms with Crippen LogP contribution in [-0.2, 0) is 6.18 Å². The summed E-state index contributed by atoms with van der Waals surface area (Å²) in [7, 11) is 0. The second kappa shape index (κ2) is 10.5. The highest BCUT2D eigenvalue weighted by molar-refractivity contribution is 6.48. The highest BCUT2D eigenvalue weighted by Gasteiger charge is 2.41. The number of carbonyl (C=O) groups excluding carboxylic acids is 1. The van der Waals surface area contributed by atoms with E-state index in [1.54, 1.807) is 0 Å². The maximum absolute atomic E-state index is 14.9. The Morgan fingerprint density at radius 3 is 2.14 bits per heavy atom. The van der Waals surface area contributed by atoms with Gasteiger partial charge in [-0.1, -0.05) is 40.9 Å². The molecule has 1 aliphatic rings. The van der Waals surface area contributed by atoms with Crippen LogP contribution < -0.4 is 10.9 Å². The van der Waals surface area contributed by atoms with E-state index in [1.165, 1.54) is 0 Å². The number of alkyl halides is 6. The van der Waals surface area contributed by atoms with Crippen molar-refractivity contribution in [3.8, 4) is 0 Å². The van der Waals surface area contributed by atoms with Crippen LogP contribution in [0, 0.1) is 5.92 Å². The van der Waals surface area contributed by atoms with E-state index in [2.05, 4.69) is 10.9 Å². The lowest BCUT2D eigenvalue weighted by molar-refractivity contribution is -0.140. The van der Waals surface area contributed by atoms with Crippen LogP contribution in [0.15, 0.2) is 36.4 Å². The largest absolute Gasteiger partial charge is 0.417 e. The fourth-order valence-corrected chi connectivity index (χ4v) is 3.78. The molecule has 0 spiro atoms. The molecular weight excluding hydrogens is 548 g/mol. The summed E-state index contributed by atoms with van der Waals surface area (Å²) in [6.07, 6.45) is -8.16. The molecule has 0 saturated heterocycles. The molecule has 190 valence electrons. The molecule has 1 atom stereocenters. The number of allylic oxidation sites excluding steroid dienone is 1. The molecule has 3 rings (SSSR count). The van der Waals surface area contributed by atoms with E-state index in [9.17, 15) is 35.5 Å². The summed E-state index contributed by atoms with van der Waals surface area (Å²) in [5.74, 6) is -4.99. The third-order valence-electron chi connectivity index (χ3n) is 5.17. The van der Waals surface area contributed by atoms with Gasteiger partial charge in [-0.2, -0.15) is 26.3 Å². The molecule has 1 saturated carbocycles. The minimum atomic E-state index is -5.08. The number of rotatable bonds is 7. The molecule has 0 aliphatic heterocycles. The summed E-state index contributed by atoms with van der Waals surface area (Å²) in [5, 5.41) is -0.845. The van der Waals surface area contributed by atoms with E-state index in [0.717, 1.165) is 31.0 Å². The molecule has 1 unspecified atom stereocenters. The first-order valence-corrected chi connectivity index (χ1v) is 11.1. The minimum Gasteiger partial charge on any atom is -0.287 e. The zero-order valence-electron chi connectivity index (χ0n) is 17.4. The monoisotopic (exact) mass is 562 g/mol. The smallest absolute Gasteiger partial charge is 0.287 e. The first-order chi connectivity index (χ1) is 16.2. The molecule has 3 nitrogen and oxygen atoms in total. The summed E-state index contributed by atoms with van der Waals surface area (Å²) >= 11 is 17.3. The van der Waals surface area contributed by atoms with Crippen molar-refractivity contribution in [1.29, 1.82) is 0 Å². The summed E-state index contributed by atoms with van der Waals surface area (Å²) < 4.78 is 96.7. The van der Waals surface area contributed by atoms with E-state index in [1.807, 2.05) is 0 Å². The van der Waals surface area contributed by atoms with Crippen molar-refractivity contribution in [2.45, 2.75) is 31.1 Å². The number of nitrogens with one attached hydrogen (secondary N) is 2. The number of carbonyl (C=O) groups is 1. The highest BCUT2D eigenvalue weighted by Crippen LogP contribution is 2.42. The Labute approximate surface area is 210 Å². The Morgan fingerprint density at radius 2 is 1.63 bits per heavy atom. The van der Waals surface area contributed by atoms with Gasteiger partial charge < -0.3 is 0 Å². The third kappa shape index (κ3) is 7.03. The van der Waals surface area contributed by atoms with Crippen LogP contribution in [0.1, 0.15) is 45.8 Å². The molecule has 1 fully saturated rings. The van der Waals surface area contributed by atoms with Crippen molar-refractivity contribution in [3.05, 3.63) is 73.7 Å². The maximum Gasteiger partial charge on any atom is 0.417 e. The summed E-state index contributed by atoms with van der Waals surface area (Å²) in [4.78, 5) is 12.2. The minimum absolute atomic E-state index is 0.0995. The quantitative estimate of drug-likeness (QED) is 0.204. The summed E-state index contributed by atoms with van der Waals surface area (Å²) in [6.45, 7) is 0.375. The topological polar surface area (TPSA) is 41.1 Å². The molecule has 0 heterocycles. The van der Waals surface area contributed by atoms with Crippen LogP contribution in [0.5, 0.6) is 0 Å². The number of hydrogen-bond donors (Lipinski definition) is 2. The third-order valence-corrected chi connectivity index (χ3v) is 6.36. The van der Waals surface area contributed by atoms with Crippen molar-refractivity contribution >= 4 is 46.5 Å². The second-order valence-corrected chi connectivity index (χ2v) is 9.06. The lowest BCUT2D eigenvalue weighted by Gasteiger charge is -2.19. The van der Waals surface area contributed by atoms with Gasteiger partial charge in [0.25, 0.3) is 5.91 Å². The molecule has 2 N–H and O–H groups in total. The Balaban J connectivity index is 1.97. The normalized spacial score (nSPS) is 15.8. The lowest BCUT2D eigenvalue weighted by Crippen LogP contribution is -2.39. The van der Waals surface area contributed by atoms with Crippen LogP contribution >= 0.6 is 34.8 Å². The van der Waals surface area contributed by atoms with Crippen molar-refractivity contribution in [2.75, 3.05) is 6.54 Å². The molecule has 1 aliphatic carbocycles. The average Bonchev–Trinajstić information content (AvgIpc) is 3.57. The molecular formula is C22H16Cl3F7N2O. The molecule has 0 radical (unpaired) electrons. The van der Waals surface area contributed by atoms with Gasteiger partial charge in [-0.05, 0) is 54.7 Å². The zero-order chi connectivity index (χ0) is 26.1. The zero-order valence-corrected chi connectivity index (χ0v) is 19.7. The van der Waals surface area contributed by atoms with Crippen LogP contribution in [0.25, 0.3) is 5.83 Å². The van der Waals surface area contributed by atoms with Crippen LogP contribution in [0.2, 0.25) is 15.1 Å². The number of hydrogen-bond acceptors (Lipinski definition) is 2. The van der Waals surface area contributed by atoms with Gasteiger partial charge in [-0.3, -0.25) is 10.2 Å². The van der Waals surface area contributed by atoms with E-state index in [-0.39, 0.29) is 27.2 Å². The highest BCUT2D eigenvalue weighted by atomic mass is 35.5. The number of benzene rings is 2. The van der Waals surface area contributed by atoms with Gasteiger partial charge in [-0.15, -0.1) is 0 Å². The van der Waals surface area contributed by atoms with E-state index < -0.39 is 52.3 Å². The van der Waals surface area contributed by atoms with Crippen LogP contribution in [0.4, 0.5) is 30.7 Å². The van der Waals surface area contributed by atoms with Gasteiger partial charge in [0.15, 0.2) is 0 Å². The van der Waals surface area contributed by atoms with Crippen LogP contribution in [0.3, 0.4) is 0 Å². The van der Waals surface area contributed by atoms with Gasteiger partial charge in [0.2, 0.25) is 0 Å². The average molecular weight is 564 g/mol. The van der Waals surface area contributed by atoms with Gasteiger partial charge in [0.05, 0.1) is 26.2 Å². The SMILES string of the molecule is O=C(NNCC1CC1)c1ccc(C(F)=CC(c2cc(Cl)c(Cl)c(Cl)c2)C(F)(F)F)cc1C(F)(F)F. The van der Waals surface area contributed by atoms with Crippen LogP contribution in [-0.4, -0.2) is 18.6 Å². The number of amides is 1. The van der Waals surface area contributed by atoms with Gasteiger partial charge in [-0.25, -0.2) is 9.82 Å². The standard InChI is InChI=1S/C22H16Cl3F7N2O/c23-16-6-12(7-17(24)19(16)25)14(21(27,28)29)8-18(26)11-3-4-13(15(5-11)22(30,31)32)20(35)34-33-9-10-1-2-10/h3-8,10,14,33H,1-2,9H2,(H,34,35). The molecule has 13 heteroatoms. The Morgan fingerprint density at radius 1 is 1.03 bits per heavy atom. The van der Waals surface area contributed by atoms with Crippen molar-refractivity contribution in [3.63, 3.8) is 0 Å². The Kier molecular flexibility index (Phi) is 8.30. The fourth-order valence-electron chi connectivity index (χ4n) is 3.17. The Bertz CT molecular complexity index is 1120. The first-order valence-electron chi connectivity index (χ1n) is 10.0. The molecule has 1 amide bonds. The Hall–Kier alpha value is -2.01. The van der Waals surface area contributed by atoms with Crippen molar-refractivity contribution < 1.29 is 35.5 Å². The van der Waals surface area contributed by atoms with E-state index in [4.69, 9.17) is 34.8 Å². The molecule has 2 aromatic carbocycles. The predicted molar refractivity (Wildman–Crippen MR) is 119 cm³/mol. The molecule has 2 aromatic rings. The molecule has 0 aromatic heterocycles. The molecule has 35 heavy (non-hydrogen) atoms. The lowest BCUT2D eigenvalue weighted by atomic mass is 9.95. The number of halogens is 10. The maximum atomic E-state index is 14.9. The summed E-state index contributed by atoms with van der Waals surface area (Å²) in [5.41, 5.74) is 0.964. The number of hydrazine groups is 1. The fraction of sp³-hybridized carbons (Fsp3) is 0.318. The van der Waals surface area contributed by atoms with E-state index >= 15 is 0 Å². The van der Waals surface area contributed by atoms with Crippen molar-refractivity contribution in [2.24, 2.45) is 5.92 Å². The van der Waals surface area contributed by atoms with Gasteiger partial charge >= 0.3 is 12.4 Å². The van der Waals surface area contributed by atoms with Gasteiger partial charge in [0, 0.05) is 12.1 Å². The second-order valence-electron chi connectivity index (χ2n) is 7.87. The van der Waals surface area contributed by atoms with Gasteiger partial charge in [0.1, 0.15) is 11.7 Å². The van der Waals surface area contributed by atoms with E-state index in [0.29, 0.717) is 18.5 Å². The predicted octanol–water partition coefficient (Wildman–Crippen LogP) is 7.97. The first kappa shape index (κ1) is 27.6. The van der Waals surface area contributed by atoms with Crippen molar-refractivity contribution in [1.82, 2.24) is 10.9 Å². The summed E-state index contributed by atoms with van der Waals surface area (Å²) in [6, 6.07) is 3.42.